The highest BCUT2D eigenvalue weighted by Gasteiger charge is 2.19. The van der Waals surface area contributed by atoms with E-state index in [1.165, 1.54) is 16.0 Å². The molecule has 0 amide bonds. The van der Waals surface area contributed by atoms with Gasteiger partial charge in [0.15, 0.2) is 0 Å². The van der Waals surface area contributed by atoms with Gasteiger partial charge in [-0.05, 0) is 39.3 Å². The van der Waals surface area contributed by atoms with E-state index in [0.29, 0.717) is 6.42 Å². The molecule has 1 rings (SSSR count). The highest BCUT2D eigenvalue weighted by Crippen LogP contribution is 2.36. The third-order valence-electron chi connectivity index (χ3n) is 2.29. The maximum Gasteiger partial charge on any atom is 0.121 e. The summed E-state index contributed by atoms with van der Waals surface area (Å²) in [6.45, 7) is 8.42. The van der Waals surface area contributed by atoms with Crippen LogP contribution in [0.25, 0.3) is 0 Å². The van der Waals surface area contributed by atoms with Crippen LogP contribution in [0.5, 0.6) is 0 Å². The van der Waals surface area contributed by atoms with Crippen molar-refractivity contribution >= 4 is 18.0 Å². The third kappa shape index (κ3) is 3.71. The van der Waals surface area contributed by atoms with Crippen LogP contribution in [0.1, 0.15) is 31.4 Å². The molecule has 1 aromatic carbocycles. The second kappa shape index (κ2) is 4.84. The molecule has 0 aliphatic rings. The molecule has 0 atom stereocenters. The van der Waals surface area contributed by atoms with E-state index in [9.17, 15) is 4.79 Å². The third-order valence-corrected chi connectivity index (χ3v) is 3.69. The summed E-state index contributed by atoms with van der Waals surface area (Å²) in [5.74, 6) is 0. The molecular formula is C13H18OS. The van der Waals surface area contributed by atoms with Crippen LogP contribution in [0.3, 0.4) is 0 Å². The lowest BCUT2D eigenvalue weighted by atomic mass is 10.1. The van der Waals surface area contributed by atoms with Crippen LogP contribution in [0.2, 0.25) is 0 Å². The van der Waals surface area contributed by atoms with Crippen molar-refractivity contribution in [2.24, 2.45) is 0 Å². The molecule has 0 radical (unpaired) electrons. The van der Waals surface area contributed by atoms with Gasteiger partial charge in [-0.1, -0.05) is 17.7 Å². The fourth-order valence-corrected chi connectivity index (χ4v) is 2.56. The van der Waals surface area contributed by atoms with Gasteiger partial charge in [0.05, 0.1) is 0 Å². The fourth-order valence-electron chi connectivity index (χ4n) is 1.45. The molecule has 0 fully saturated rings. The monoisotopic (exact) mass is 222 g/mol. The molecule has 2 heteroatoms. The van der Waals surface area contributed by atoms with Gasteiger partial charge in [-0.15, -0.1) is 11.8 Å². The lowest BCUT2D eigenvalue weighted by molar-refractivity contribution is -0.108. The van der Waals surface area contributed by atoms with Crippen molar-refractivity contribution in [1.29, 1.82) is 0 Å². The molecule has 1 aromatic rings. The van der Waals surface area contributed by atoms with E-state index in [1.807, 2.05) is 0 Å². The zero-order valence-corrected chi connectivity index (χ0v) is 10.6. The maximum atomic E-state index is 10.5. The maximum absolute atomic E-state index is 10.5. The van der Waals surface area contributed by atoms with Gasteiger partial charge in [-0.25, -0.2) is 0 Å². The van der Waals surface area contributed by atoms with Crippen LogP contribution in [0.15, 0.2) is 23.1 Å². The van der Waals surface area contributed by atoms with Gasteiger partial charge in [-0.3, -0.25) is 0 Å². The largest absolute Gasteiger partial charge is 0.303 e. The summed E-state index contributed by atoms with van der Waals surface area (Å²) < 4.78 is -0.0121. The Morgan fingerprint density at radius 3 is 2.53 bits per heavy atom. The van der Waals surface area contributed by atoms with Gasteiger partial charge in [0.2, 0.25) is 0 Å². The lowest BCUT2D eigenvalue weighted by Gasteiger charge is -2.22. The first-order valence-electron chi connectivity index (χ1n) is 5.14. The fraction of sp³-hybridized carbons (Fsp3) is 0.462. The van der Waals surface area contributed by atoms with Crippen molar-refractivity contribution < 1.29 is 4.79 Å². The molecule has 15 heavy (non-hydrogen) atoms. The van der Waals surface area contributed by atoms with Crippen LogP contribution in [-0.4, -0.2) is 11.0 Å². The Morgan fingerprint density at radius 2 is 2.00 bits per heavy atom. The van der Waals surface area contributed by atoms with Gasteiger partial charge >= 0.3 is 0 Å². The molecule has 82 valence electrons. The van der Waals surface area contributed by atoms with E-state index >= 15 is 0 Å². The quantitative estimate of drug-likeness (QED) is 0.570. The summed E-state index contributed by atoms with van der Waals surface area (Å²) in [5.41, 5.74) is 2.57. The Labute approximate surface area is 96.3 Å². The molecule has 0 aliphatic heterocycles. The van der Waals surface area contributed by atoms with Crippen molar-refractivity contribution in [3.63, 3.8) is 0 Å². The molecule has 0 unspecified atom stereocenters. The predicted octanol–water partition coefficient (Wildman–Crippen LogP) is 3.76. The van der Waals surface area contributed by atoms with Crippen molar-refractivity contribution in [2.75, 3.05) is 0 Å². The molecule has 0 saturated heterocycles. The minimum atomic E-state index is -0.0121. The summed E-state index contributed by atoms with van der Waals surface area (Å²) >= 11 is 1.77. The number of carbonyl (C=O) groups is 1. The average Bonchev–Trinajstić information content (AvgIpc) is 2.09. The Hall–Kier alpha value is -0.760. The van der Waals surface area contributed by atoms with Crippen molar-refractivity contribution in [3.05, 3.63) is 29.3 Å². The number of benzene rings is 1. The number of carbonyl (C=O) groups excluding carboxylic acids is 1. The van der Waals surface area contributed by atoms with Crippen LogP contribution in [-0.2, 0) is 4.79 Å². The number of thioether (sulfide) groups is 1. The normalized spacial score (nSPS) is 11.5. The first-order chi connectivity index (χ1) is 6.94. The zero-order valence-electron chi connectivity index (χ0n) is 9.83. The van der Waals surface area contributed by atoms with E-state index < -0.39 is 0 Å². The molecule has 0 heterocycles. The molecule has 1 nitrogen and oxygen atoms in total. The van der Waals surface area contributed by atoms with E-state index in [1.54, 1.807) is 11.8 Å². The minimum absolute atomic E-state index is 0.0121. The van der Waals surface area contributed by atoms with Crippen molar-refractivity contribution in [2.45, 2.75) is 43.8 Å². The number of hydrogen-bond donors (Lipinski definition) is 0. The number of aldehydes is 1. The summed E-state index contributed by atoms with van der Waals surface area (Å²) in [7, 11) is 0. The smallest absolute Gasteiger partial charge is 0.121 e. The molecule has 0 aliphatic carbocycles. The van der Waals surface area contributed by atoms with Gasteiger partial charge in [0.25, 0.3) is 0 Å². The van der Waals surface area contributed by atoms with Crippen LogP contribution >= 0.6 is 11.8 Å². The van der Waals surface area contributed by atoms with Crippen LogP contribution in [0, 0.1) is 13.8 Å². The number of rotatable bonds is 4. The standard InChI is InChI=1S/C13H18OS/c1-10-5-6-12(11(2)9-10)15-13(3,4)7-8-14/h5-6,8-9H,7H2,1-4H3. The highest BCUT2D eigenvalue weighted by atomic mass is 32.2. The van der Waals surface area contributed by atoms with Gasteiger partial charge < -0.3 is 4.79 Å². The SMILES string of the molecule is Cc1ccc(SC(C)(C)CC=O)c(C)c1. The Morgan fingerprint density at radius 1 is 1.33 bits per heavy atom. The average molecular weight is 222 g/mol. The minimum Gasteiger partial charge on any atom is -0.303 e. The molecule has 0 bridgehead atoms. The second-order valence-electron chi connectivity index (χ2n) is 4.50. The lowest BCUT2D eigenvalue weighted by Crippen LogP contribution is -2.14. The van der Waals surface area contributed by atoms with Crippen LogP contribution in [0.4, 0.5) is 0 Å². The van der Waals surface area contributed by atoms with E-state index in [2.05, 4.69) is 45.9 Å². The Kier molecular flexibility index (Phi) is 3.97. The molecular weight excluding hydrogens is 204 g/mol. The first-order valence-corrected chi connectivity index (χ1v) is 5.96. The highest BCUT2D eigenvalue weighted by molar-refractivity contribution is 8.00. The predicted molar refractivity (Wildman–Crippen MR) is 66.5 cm³/mol. The molecule has 0 saturated carbocycles. The summed E-state index contributed by atoms with van der Waals surface area (Å²) in [5, 5.41) is 0. The zero-order chi connectivity index (χ0) is 11.5. The summed E-state index contributed by atoms with van der Waals surface area (Å²) in [6.07, 6.45) is 1.58. The van der Waals surface area contributed by atoms with E-state index in [-0.39, 0.29) is 4.75 Å². The van der Waals surface area contributed by atoms with Crippen molar-refractivity contribution in [1.82, 2.24) is 0 Å². The first kappa shape index (κ1) is 12.3. The van der Waals surface area contributed by atoms with E-state index in [0.717, 1.165) is 6.29 Å². The molecule has 0 aromatic heterocycles. The van der Waals surface area contributed by atoms with Gasteiger partial charge in [0, 0.05) is 16.1 Å². The van der Waals surface area contributed by atoms with E-state index in [4.69, 9.17) is 0 Å². The van der Waals surface area contributed by atoms with Gasteiger partial charge in [-0.2, -0.15) is 0 Å². The summed E-state index contributed by atoms with van der Waals surface area (Å²) in [6, 6.07) is 6.44. The Bertz CT molecular complexity index is 356. The van der Waals surface area contributed by atoms with Gasteiger partial charge in [0.1, 0.15) is 6.29 Å². The second-order valence-corrected chi connectivity index (χ2v) is 6.25. The topological polar surface area (TPSA) is 17.1 Å². The van der Waals surface area contributed by atoms with Crippen LogP contribution < -0.4 is 0 Å². The Balaban J connectivity index is 2.84. The van der Waals surface area contributed by atoms with Crippen molar-refractivity contribution in [3.8, 4) is 0 Å². The molecule has 0 spiro atoms. The molecule has 0 N–H and O–H groups in total. The summed E-state index contributed by atoms with van der Waals surface area (Å²) in [4.78, 5) is 11.8. The number of aryl methyl sites for hydroxylation is 2. The number of hydrogen-bond acceptors (Lipinski definition) is 2.